The highest BCUT2D eigenvalue weighted by Gasteiger charge is 2.30. The molecule has 3 nitrogen and oxygen atoms in total. The van der Waals surface area contributed by atoms with E-state index in [1.165, 1.54) is 29.5 Å². The van der Waals surface area contributed by atoms with Gasteiger partial charge < -0.3 is 9.64 Å². The Balaban J connectivity index is 2.12. The highest BCUT2D eigenvalue weighted by atomic mass is 80.0. The van der Waals surface area contributed by atoms with Crippen LogP contribution in [0.25, 0.3) is 0 Å². The molecule has 1 fully saturated rings. The maximum absolute atomic E-state index is 11.3. The van der Waals surface area contributed by atoms with Crippen molar-refractivity contribution < 1.29 is 14.4 Å². The highest BCUT2D eigenvalue weighted by molar-refractivity contribution is 9.40. The van der Waals surface area contributed by atoms with Gasteiger partial charge in [-0.25, -0.2) is 4.79 Å². The minimum Gasteiger partial charge on any atom is -0.457 e. The van der Waals surface area contributed by atoms with Gasteiger partial charge in [0.2, 0.25) is 2.14 Å². The summed E-state index contributed by atoms with van der Waals surface area (Å²) in [7, 11) is 0. The average molecular weight is 427 g/mol. The van der Waals surface area contributed by atoms with Gasteiger partial charge in [0.05, 0.1) is 13.1 Å². The first kappa shape index (κ1) is 14.3. The van der Waals surface area contributed by atoms with Crippen molar-refractivity contribution >= 4 is 65.5 Å². The van der Waals surface area contributed by atoms with Gasteiger partial charge in [-0.15, -0.1) is 0 Å². The van der Waals surface area contributed by atoms with Crippen LogP contribution in [0.1, 0.15) is 0 Å². The summed E-state index contributed by atoms with van der Waals surface area (Å²) in [5.74, 6) is 2.08. The van der Waals surface area contributed by atoms with E-state index in [-0.39, 0.29) is 5.97 Å². The lowest BCUT2D eigenvalue weighted by Crippen LogP contribution is -3.14. The summed E-state index contributed by atoms with van der Waals surface area (Å²) in [4.78, 5) is 12.8. The van der Waals surface area contributed by atoms with Crippen molar-refractivity contribution in [3.63, 3.8) is 0 Å². The van der Waals surface area contributed by atoms with Gasteiger partial charge in [0, 0.05) is 11.5 Å². The molecule has 7 heteroatoms. The fourth-order valence-electron chi connectivity index (χ4n) is 1.28. The first-order chi connectivity index (χ1) is 7.00. The molecule has 1 saturated heterocycles. The van der Waals surface area contributed by atoms with Crippen LogP contribution in [0.4, 0.5) is 0 Å². The molecule has 0 aromatic heterocycles. The topological polar surface area (TPSA) is 30.7 Å². The Morgan fingerprint density at radius 1 is 1.33 bits per heavy atom. The molecular formula is C8H13Br3NO2S+. The molecule has 0 spiro atoms. The number of alkyl halides is 3. The summed E-state index contributed by atoms with van der Waals surface area (Å²) in [5, 5.41) is 0. The molecule has 0 aliphatic carbocycles. The van der Waals surface area contributed by atoms with Gasteiger partial charge in [-0.1, -0.05) is 0 Å². The Morgan fingerprint density at radius 3 is 2.47 bits per heavy atom. The normalized spacial score (nSPS) is 18.9. The number of nitrogens with one attached hydrogen (secondary N) is 1. The molecule has 0 aromatic carbocycles. The Morgan fingerprint density at radius 2 is 1.93 bits per heavy atom. The van der Waals surface area contributed by atoms with Crippen LogP contribution in [0.2, 0.25) is 0 Å². The van der Waals surface area contributed by atoms with E-state index in [0.717, 1.165) is 6.54 Å². The second-order valence-electron chi connectivity index (χ2n) is 3.25. The summed E-state index contributed by atoms with van der Waals surface area (Å²) >= 11 is 11.3. The number of hydrogen-bond donors (Lipinski definition) is 1. The maximum atomic E-state index is 11.3. The van der Waals surface area contributed by atoms with Gasteiger partial charge in [-0.2, -0.15) is 11.8 Å². The van der Waals surface area contributed by atoms with Crippen LogP contribution in [-0.2, 0) is 9.53 Å². The number of ether oxygens (including phenoxy) is 1. The molecule has 1 aliphatic heterocycles. The monoisotopic (exact) mass is 424 g/mol. The fourth-order valence-corrected chi connectivity index (χ4v) is 2.69. The van der Waals surface area contributed by atoms with Crippen molar-refractivity contribution in [3.8, 4) is 0 Å². The van der Waals surface area contributed by atoms with Crippen LogP contribution in [-0.4, -0.2) is 45.9 Å². The van der Waals surface area contributed by atoms with Crippen LogP contribution in [0.3, 0.4) is 0 Å². The molecule has 1 heterocycles. The number of halogens is 3. The molecule has 1 rings (SSSR count). The van der Waals surface area contributed by atoms with Crippen LogP contribution in [0, 0.1) is 0 Å². The zero-order valence-electron chi connectivity index (χ0n) is 8.10. The van der Waals surface area contributed by atoms with Gasteiger partial charge in [0.25, 0.3) is 0 Å². The number of thioether (sulfide) groups is 1. The first-order valence-corrected chi connectivity index (χ1v) is 8.19. The fraction of sp³-hybridized carbons (Fsp3) is 0.875. The van der Waals surface area contributed by atoms with Crippen molar-refractivity contribution in [1.29, 1.82) is 0 Å². The molecule has 15 heavy (non-hydrogen) atoms. The zero-order valence-corrected chi connectivity index (χ0v) is 13.7. The maximum Gasteiger partial charge on any atom is 0.345 e. The third kappa shape index (κ3) is 5.91. The van der Waals surface area contributed by atoms with Crippen LogP contribution in [0.5, 0.6) is 0 Å². The Kier molecular flexibility index (Phi) is 6.51. The van der Waals surface area contributed by atoms with Gasteiger partial charge in [0.15, 0.2) is 0 Å². The zero-order chi connectivity index (χ0) is 11.3. The van der Waals surface area contributed by atoms with E-state index in [1.807, 2.05) is 11.8 Å². The first-order valence-electron chi connectivity index (χ1n) is 4.65. The summed E-state index contributed by atoms with van der Waals surface area (Å²) in [5.41, 5.74) is 0. The second-order valence-corrected chi connectivity index (χ2v) is 11.2. The van der Waals surface area contributed by atoms with Gasteiger partial charge >= 0.3 is 5.97 Å². The summed E-state index contributed by atoms with van der Waals surface area (Å²) in [6.45, 7) is 3.72. The Bertz CT molecular complexity index is 216. The molecule has 88 valence electrons. The minimum absolute atomic E-state index is 0.340. The van der Waals surface area contributed by atoms with Gasteiger partial charge in [-0.3, -0.25) is 0 Å². The predicted molar refractivity (Wildman–Crippen MR) is 73.4 cm³/mol. The van der Waals surface area contributed by atoms with E-state index in [4.69, 9.17) is 4.74 Å². The lowest BCUT2D eigenvalue weighted by atomic mass is 10.5. The third-order valence-electron chi connectivity index (χ3n) is 2.12. The van der Waals surface area contributed by atoms with E-state index in [2.05, 4.69) is 47.8 Å². The van der Waals surface area contributed by atoms with Crippen molar-refractivity contribution in [2.45, 2.75) is 2.14 Å². The molecule has 0 amide bonds. The molecule has 0 bridgehead atoms. The number of quaternary nitrogens is 1. The summed E-state index contributed by atoms with van der Waals surface area (Å²) < 4.78 is 4.17. The molecule has 1 aliphatic rings. The quantitative estimate of drug-likeness (QED) is 0.539. The van der Waals surface area contributed by atoms with Crippen LogP contribution < -0.4 is 4.90 Å². The molecule has 0 unspecified atom stereocenters. The second kappa shape index (κ2) is 6.83. The third-order valence-corrected chi connectivity index (χ3v) is 4.08. The lowest BCUT2D eigenvalue weighted by molar-refractivity contribution is -0.896. The minimum atomic E-state index is -0.930. The van der Waals surface area contributed by atoms with E-state index in [0.29, 0.717) is 6.61 Å². The lowest BCUT2D eigenvalue weighted by Gasteiger charge is -2.23. The van der Waals surface area contributed by atoms with E-state index >= 15 is 0 Å². The van der Waals surface area contributed by atoms with E-state index in [1.54, 1.807) is 0 Å². The molecule has 0 radical (unpaired) electrons. The summed E-state index contributed by atoms with van der Waals surface area (Å²) in [6, 6.07) is 0. The van der Waals surface area contributed by atoms with Gasteiger partial charge in [-0.05, 0) is 47.8 Å². The van der Waals surface area contributed by atoms with Crippen LogP contribution in [0.15, 0.2) is 0 Å². The van der Waals surface area contributed by atoms with E-state index in [9.17, 15) is 4.79 Å². The van der Waals surface area contributed by atoms with E-state index < -0.39 is 2.14 Å². The summed E-state index contributed by atoms with van der Waals surface area (Å²) in [6.07, 6.45) is 0. The number of carbonyl (C=O) groups excluding carboxylic acids is 1. The SMILES string of the molecule is O=C(OCC[NH+]1CCSCC1)C(Br)(Br)Br. The van der Waals surface area contributed by atoms with Crippen LogP contribution >= 0.6 is 59.6 Å². The largest absolute Gasteiger partial charge is 0.457 e. The van der Waals surface area contributed by atoms with Crippen molar-refractivity contribution in [3.05, 3.63) is 0 Å². The Labute approximate surface area is 119 Å². The number of esters is 1. The average Bonchev–Trinajstić information content (AvgIpc) is 2.18. The van der Waals surface area contributed by atoms with Crippen molar-refractivity contribution in [1.82, 2.24) is 0 Å². The van der Waals surface area contributed by atoms with Crippen molar-refractivity contribution in [2.24, 2.45) is 0 Å². The molecule has 0 saturated carbocycles. The molecule has 0 aromatic rings. The number of rotatable bonds is 3. The molecule has 1 N–H and O–H groups in total. The standard InChI is InChI=1S/C8H12Br3NO2S/c9-8(10,11)7(13)14-4-1-12-2-5-15-6-3-12/h1-6H2/p+1. The highest BCUT2D eigenvalue weighted by Crippen LogP contribution is 2.34. The smallest absolute Gasteiger partial charge is 0.345 e. The molecular weight excluding hydrogens is 414 g/mol. The Hall–Kier alpha value is 1.22. The predicted octanol–water partition coefficient (Wildman–Crippen LogP) is 1.000. The molecule has 0 atom stereocenters. The van der Waals surface area contributed by atoms with Gasteiger partial charge in [0.1, 0.15) is 13.2 Å². The number of carbonyl (C=O) groups is 1. The number of hydrogen-bond acceptors (Lipinski definition) is 3. The van der Waals surface area contributed by atoms with Crippen molar-refractivity contribution in [2.75, 3.05) is 37.7 Å².